The van der Waals surface area contributed by atoms with Crippen molar-refractivity contribution in [1.82, 2.24) is 4.57 Å². The largest absolute Gasteiger partial charge is 0.477 e. The van der Waals surface area contributed by atoms with Gasteiger partial charge in [0.25, 0.3) is 5.56 Å². The molecule has 98 valence electrons. The van der Waals surface area contributed by atoms with Crippen molar-refractivity contribution in [1.29, 1.82) is 0 Å². The van der Waals surface area contributed by atoms with Crippen LogP contribution in [0.5, 0.6) is 0 Å². The van der Waals surface area contributed by atoms with Gasteiger partial charge in [0.05, 0.1) is 5.69 Å². The van der Waals surface area contributed by atoms with Gasteiger partial charge in [-0.3, -0.25) is 4.79 Å². The van der Waals surface area contributed by atoms with Crippen molar-refractivity contribution in [3.05, 3.63) is 57.3 Å². The number of pyridine rings is 1. The highest BCUT2D eigenvalue weighted by molar-refractivity contribution is 6.30. The Bertz CT molecular complexity index is 674. The van der Waals surface area contributed by atoms with Gasteiger partial charge in [0.1, 0.15) is 5.56 Å². The summed E-state index contributed by atoms with van der Waals surface area (Å²) >= 11 is 5.82. The number of rotatable bonds is 3. The third-order valence-corrected chi connectivity index (χ3v) is 3.11. The summed E-state index contributed by atoms with van der Waals surface area (Å²) in [5.41, 5.74) is 0.775. The second-order valence-corrected chi connectivity index (χ2v) is 4.43. The standard InChI is InChI=1S/C14H12ClNO3/c1-2-16-12(9-3-5-10(15)6-4-9)8-7-11(13(16)17)14(18)19/h3-8H,2H2,1H3,(H,18,19). The number of benzene rings is 1. The fourth-order valence-corrected chi connectivity index (χ4v) is 2.05. The van der Waals surface area contributed by atoms with Crippen LogP contribution in [-0.4, -0.2) is 15.6 Å². The molecule has 1 aromatic carbocycles. The van der Waals surface area contributed by atoms with Crippen molar-refractivity contribution >= 4 is 17.6 Å². The molecule has 1 N–H and O–H groups in total. The summed E-state index contributed by atoms with van der Waals surface area (Å²) in [6.45, 7) is 2.20. The number of carboxylic acids is 1. The first kappa shape index (κ1) is 13.4. The van der Waals surface area contributed by atoms with E-state index in [1.165, 1.54) is 10.6 Å². The molecule has 2 aromatic rings. The summed E-state index contributed by atoms with van der Waals surface area (Å²) in [5, 5.41) is 9.56. The molecule has 4 nitrogen and oxygen atoms in total. The van der Waals surface area contributed by atoms with Crippen LogP contribution in [0.4, 0.5) is 0 Å². The zero-order chi connectivity index (χ0) is 14.0. The van der Waals surface area contributed by atoms with Gasteiger partial charge >= 0.3 is 5.97 Å². The maximum absolute atomic E-state index is 12.1. The van der Waals surface area contributed by atoms with Crippen LogP contribution in [0.25, 0.3) is 11.3 Å². The van der Waals surface area contributed by atoms with Crippen LogP contribution >= 0.6 is 11.6 Å². The van der Waals surface area contributed by atoms with Crippen molar-refractivity contribution in [2.45, 2.75) is 13.5 Å². The lowest BCUT2D eigenvalue weighted by Gasteiger charge is -2.12. The number of hydrogen-bond acceptors (Lipinski definition) is 2. The van der Waals surface area contributed by atoms with Crippen molar-refractivity contribution in [3.63, 3.8) is 0 Å². The fraction of sp³-hybridized carbons (Fsp3) is 0.143. The van der Waals surface area contributed by atoms with Gasteiger partial charge in [-0.25, -0.2) is 4.79 Å². The number of hydrogen-bond donors (Lipinski definition) is 1. The Morgan fingerprint density at radius 2 is 1.84 bits per heavy atom. The van der Waals surface area contributed by atoms with E-state index in [0.29, 0.717) is 17.3 Å². The first-order valence-electron chi connectivity index (χ1n) is 5.77. The van der Waals surface area contributed by atoms with Gasteiger partial charge in [0, 0.05) is 11.6 Å². The molecule has 0 aliphatic heterocycles. The second-order valence-electron chi connectivity index (χ2n) is 3.99. The third kappa shape index (κ3) is 2.53. The molecule has 0 saturated carbocycles. The maximum Gasteiger partial charge on any atom is 0.341 e. The SMILES string of the molecule is CCn1c(-c2ccc(Cl)cc2)ccc(C(=O)O)c1=O. The lowest BCUT2D eigenvalue weighted by atomic mass is 10.1. The van der Waals surface area contributed by atoms with E-state index in [1.54, 1.807) is 37.3 Å². The van der Waals surface area contributed by atoms with E-state index in [1.807, 2.05) is 0 Å². The molecule has 2 rings (SSSR count). The van der Waals surface area contributed by atoms with Gasteiger partial charge in [-0.15, -0.1) is 0 Å². The summed E-state index contributed by atoms with van der Waals surface area (Å²) in [5.74, 6) is -1.21. The van der Waals surface area contributed by atoms with E-state index in [9.17, 15) is 9.59 Å². The number of aromatic carboxylic acids is 1. The van der Waals surface area contributed by atoms with E-state index >= 15 is 0 Å². The predicted octanol–water partition coefficient (Wildman–Crippen LogP) is 2.89. The number of aromatic nitrogens is 1. The number of carbonyl (C=O) groups is 1. The van der Waals surface area contributed by atoms with E-state index in [-0.39, 0.29) is 5.56 Å². The molecule has 19 heavy (non-hydrogen) atoms. The molecule has 1 heterocycles. The molecule has 0 aliphatic carbocycles. The summed E-state index contributed by atoms with van der Waals surface area (Å²) in [7, 11) is 0. The van der Waals surface area contributed by atoms with Crippen LogP contribution in [0.15, 0.2) is 41.2 Å². The molecule has 0 radical (unpaired) electrons. The van der Waals surface area contributed by atoms with Crippen LogP contribution in [0.1, 0.15) is 17.3 Å². The van der Waals surface area contributed by atoms with Gasteiger partial charge in [-0.2, -0.15) is 0 Å². The Balaban J connectivity index is 2.65. The fourth-order valence-electron chi connectivity index (χ4n) is 1.93. The smallest absolute Gasteiger partial charge is 0.341 e. The average molecular weight is 278 g/mol. The summed E-state index contributed by atoms with van der Waals surface area (Å²) in [6.07, 6.45) is 0. The van der Waals surface area contributed by atoms with Gasteiger partial charge in [0.15, 0.2) is 0 Å². The summed E-state index contributed by atoms with van der Waals surface area (Å²) in [6, 6.07) is 10.0. The van der Waals surface area contributed by atoms with Crippen molar-refractivity contribution in [3.8, 4) is 11.3 Å². The molecular formula is C14H12ClNO3. The van der Waals surface area contributed by atoms with Crippen molar-refractivity contribution in [2.24, 2.45) is 0 Å². The topological polar surface area (TPSA) is 59.3 Å². The maximum atomic E-state index is 12.1. The van der Waals surface area contributed by atoms with E-state index in [2.05, 4.69) is 0 Å². The molecule has 0 atom stereocenters. The lowest BCUT2D eigenvalue weighted by molar-refractivity contribution is 0.0694. The molecule has 0 amide bonds. The zero-order valence-corrected chi connectivity index (χ0v) is 11.0. The highest BCUT2D eigenvalue weighted by atomic mass is 35.5. The molecule has 0 fully saturated rings. The lowest BCUT2D eigenvalue weighted by Crippen LogP contribution is -2.26. The Morgan fingerprint density at radius 3 is 2.37 bits per heavy atom. The zero-order valence-electron chi connectivity index (χ0n) is 10.3. The van der Waals surface area contributed by atoms with Gasteiger partial charge in [-0.1, -0.05) is 23.7 Å². The monoisotopic (exact) mass is 277 g/mol. The van der Waals surface area contributed by atoms with E-state index in [4.69, 9.17) is 16.7 Å². The molecule has 1 aromatic heterocycles. The normalized spacial score (nSPS) is 10.4. The quantitative estimate of drug-likeness (QED) is 0.938. The van der Waals surface area contributed by atoms with Crippen LogP contribution < -0.4 is 5.56 Å². The van der Waals surface area contributed by atoms with Crippen LogP contribution in [0.2, 0.25) is 5.02 Å². The molecule has 0 aliphatic rings. The first-order valence-corrected chi connectivity index (χ1v) is 6.15. The average Bonchev–Trinajstić information content (AvgIpc) is 2.38. The number of carboxylic acid groups (broad SMARTS) is 1. The minimum Gasteiger partial charge on any atom is -0.477 e. The number of nitrogens with zero attached hydrogens (tertiary/aromatic N) is 1. The highest BCUT2D eigenvalue weighted by Crippen LogP contribution is 2.20. The van der Waals surface area contributed by atoms with Gasteiger partial charge < -0.3 is 9.67 Å². The molecule has 5 heteroatoms. The molecular weight excluding hydrogens is 266 g/mol. The molecule has 0 spiro atoms. The minimum atomic E-state index is -1.21. The minimum absolute atomic E-state index is 0.223. The van der Waals surface area contributed by atoms with Gasteiger partial charge in [-0.05, 0) is 36.8 Å². The Kier molecular flexibility index (Phi) is 3.71. The Morgan fingerprint density at radius 1 is 1.21 bits per heavy atom. The summed E-state index contributed by atoms with van der Waals surface area (Å²) in [4.78, 5) is 23.0. The second kappa shape index (κ2) is 5.28. The predicted molar refractivity (Wildman–Crippen MR) is 73.8 cm³/mol. The first-order chi connectivity index (χ1) is 9.04. The van der Waals surface area contributed by atoms with Crippen molar-refractivity contribution < 1.29 is 9.90 Å². The van der Waals surface area contributed by atoms with Crippen molar-refractivity contribution in [2.75, 3.05) is 0 Å². The molecule has 0 saturated heterocycles. The van der Waals surface area contributed by atoms with Crippen LogP contribution in [0, 0.1) is 0 Å². The highest BCUT2D eigenvalue weighted by Gasteiger charge is 2.13. The summed E-state index contributed by atoms with van der Waals surface area (Å²) < 4.78 is 1.44. The van der Waals surface area contributed by atoms with Gasteiger partial charge in [0.2, 0.25) is 0 Å². The van der Waals surface area contributed by atoms with Crippen LogP contribution in [-0.2, 0) is 6.54 Å². The number of halogens is 1. The van der Waals surface area contributed by atoms with Crippen LogP contribution in [0.3, 0.4) is 0 Å². The molecule has 0 bridgehead atoms. The van der Waals surface area contributed by atoms with E-state index in [0.717, 1.165) is 5.56 Å². The third-order valence-electron chi connectivity index (χ3n) is 2.86. The Labute approximate surface area is 114 Å². The Hall–Kier alpha value is -2.07. The molecule has 0 unspecified atom stereocenters. The van der Waals surface area contributed by atoms with E-state index < -0.39 is 11.5 Å².